The van der Waals surface area contributed by atoms with E-state index in [1.165, 1.54) is 18.2 Å². The molecule has 31 heavy (non-hydrogen) atoms. The van der Waals surface area contributed by atoms with Gasteiger partial charge in [0.2, 0.25) is 15.9 Å². The number of hydrogen-bond donors (Lipinski definition) is 2. The van der Waals surface area contributed by atoms with Crippen LogP contribution in [0.25, 0.3) is 10.9 Å². The highest BCUT2D eigenvalue weighted by atomic mass is 35.5. The first-order chi connectivity index (χ1) is 14.9. The van der Waals surface area contributed by atoms with Gasteiger partial charge in [0.25, 0.3) is 0 Å². The molecule has 0 spiro atoms. The van der Waals surface area contributed by atoms with Gasteiger partial charge in [0.1, 0.15) is 10.9 Å². The molecule has 0 radical (unpaired) electrons. The standard InChI is InChI=1S/C21H21Cl2N3O4S/c22-16-5-3-7-19(20(16)23)31(28,29)25-18(21(27)26-8-10-30-11-9-26)12-14-13-24-17-6-2-1-4-15(14)17/h1-7,13,18,24-25H,8-12H2/t18-/m0/s1. The number of carbonyl (C=O) groups excluding carboxylic acids is 1. The molecule has 2 N–H and O–H groups in total. The third kappa shape index (κ3) is 4.73. The zero-order chi connectivity index (χ0) is 22.0. The molecule has 1 atom stereocenters. The number of carbonyl (C=O) groups is 1. The molecule has 2 heterocycles. The first-order valence-corrected chi connectivity index (χ1v) is 12.0. The van der Waals surface area contributed by atoms with Crippen LogP contribution in [0.1, 0.15) is 5.56 Å². The molecular weight excluding hydrogens is 461 g/mol. The van der Waals surface area contributed by atoms with Crippen LogP contribution in [0.2, 0.25) is 10.0 Å². The second-order valence-electron chi connectivity index (χ2n) is 7.23. The van der Waals surface area contributed by atoms with Crippen LogP contribution in [0, 0.1) is 0 Å². The van der Waals surface area contributed by atoms with Crippen LogP contribution in [-0.4, -0.2) is 56.6 Å². The average Bonchev–Trinajstić information content (AvgIpc) is 3.18. The average molecular weight is 482 g/mol. The van der Waals surface area contributed by atoms with Gasteiger partial charge in [-0.3, -0.25) is 4.79 Å². The maximum atomic E-state index is 13.3. The second-order valence-corrected chi connectivity index (χ2v) is 9.69. The van der Waals surface area contributed by atoms with Gasteiger partial charge in [-0.15, -0.1) is 0 Å². The van der Waals surface area contributed by atoms with E-state index in [2.05, 4.69) is 9.71 Å². The molecule has 164 valence electrons. The summed E-state index contributed by atoms with van der Waals surface area (Å²) in [5.74, 6) is -0.310. The molecule has 3 aromatic rings. The van der Waals surface area contributed by atoms with Crippen LogP contribution in [0.5, 0.6) is 0 Å². The monoisotopic (exact) mass is 481 g/mol. The van der Waals surface area contributed by atoms with Gasteiger partial charge < -0.3 is 14.6 Å². The smallest absolute Gasteiger partial charge is 0.242 e. The van der Waals surface area contributed by atoms with Gasteiger partial charge in [0.15, 0.2) is 0 Å². The summed E-state index contributed by atoms with van der Waals surface area (Å²) in [5, 5.41) is 0.973. The lowest BCUT2D eigenvalue weighted by Gasteiger charge is -2.30. The Hall–Kier alpha value is -2.10. The third-order valence-electron chi connectivity index (χ3n) is 5.22. The Morgan fingerprint density at radius 3 is 2.65 bits per heavy atom. The summed E-state index contributed by atoms with van der Waals surface area (Å²) >= 11 is 12.1. The second kappa shape index (κ2) is 9.18. The van der Waals surface area contributed by atoms with Crippen LogP contribution in [0.3, 0.4) is 0 Å². The molecular formula is C21H21Cl2N3O4S. The number of sulfonamides is 1. The lowest BCUT2D eigenvalue weighted by Crippen LogP contribution is -2.52. The van der Waals surface area contributed by atoms with Gasteiger partial charge >= 0.3 is 0 Å². The van der Waals surface area contributed by atoms with Gasteiger partial charge in [0.05, 0.1) is 23.3 Å². The van der Waals surface area contributed by atoms with E-state index < -0.39 is 16.1 Å². The summed E-state index contributed by atoms with van der Waals surface area (Å²) < 4.78 is 34.2. The van der Waals surface area contributed by atoms with Crippen molar-refractivity contribution in [2.75, 3.05) is 26.3 Å². The molecule has 1 aromatic heterocycles. The molecule has 0 aliphatic carbocycles. The quantitative estimate of drug-likeness (QED) is 0.565. The molecule has 1 saturated heterocycles. The van der Waals surface area contributed by atoms with Crippen LogP contribution in [-0.2, 0) is 26.0 Å². The van der Waals surface area contributed by atoms with Gasteiger partial charge in [-0.2, -0.15) is 4.72 Å². The fourth-order valence-corrected chi connectivity index (χ4v) is 5.60. The Labute approximate surface area is 190 Å². The van der Waals surface area contributed by atoms with Crippen molar-refractivity contribution in [1.29, 1.82) is 0 Å². The number of rotatable bonds is 6. The number of benzene rings is 2. The van der Waals surface area contributed by atoms with Crippen molar-refractivity contribution >= 4 is 50.0 Å². The molecule has 10 heteroatoms. The summed E-state index contributed by atoms with van der Waals surface area (Å²) in [6, 6.07) is 11.0. The lowest BCUT2D eigenvalue weighted by atomic mass is 10.0. The Kier molecular flexibility index (Phi) is 6.55. The molecule has 4 rings (SSSR count). The number of aromatic nitrogens is 1. The number of nitrogens with one attached hydrogen (secondary N) is 2. The minimum absolute atomic E-state index is 0.0821. The van der Waals surface area contributed by atoms with Crippen molar-refractivity contribution in [2.24, 2.45) is 0 Å². The van der Waals surface area contributed by atoms with Crippen LogP contribution < -0.4 is 4.72 Å². The SMILES string of the molecule is O=C([C@H](Cc1c[nH]c2ccccc12)NS(=O)(=O)c1cccc(Cl)c1Cl)N1CCOCC1. The molecule has 1 aliphatic rings. The Bertz CT molecular complexity index is 1210. The number of nitrogens with zero attached hydrogens (tertiary/aromatic N) is 1. The van der Waals surface area contributed by atoms with E-state index in [0.29, 0.717) is 26.3 Å². The highest BCUT2D eigenvalue weighted by molar-refractivity contribution is 7.89. The van der Waals surface area contributed by atoms with E-state index in [0.717, 1.165) is 16.5 Å². The number of morpholine rings is 1. The fourth-order valence-electron chi connectivity index (χ4n) is 3.65. The number of amides is 1. The van der Waals surface area contributed by atoms with Crippen LogP contribution in [0.4, 0.5) is 0 Å². The zero-order valence-corrected chi connectivity index (χ0v) is 18.8. The summed E-state index contributed by atoms with van der Waals surface area (Å²) in [6.07, 6.45) is 1.97. The highest BCUT2D eigenvalue weighted by Crippen LogP contribution is 2.29. The summed E-state index contributed by atoms with van der Waals surface area (Å²) in [4.78, 5) is 17.9. The molecule has 0 saturated carbocycles. The highest BCUT2D eigenvalue weighted by Gasteiger charge is 2.32. The molecule has 1 fully saturated rings. The number of para-hydroxylation sites is 1. The number of fused-ring (bicyclic) bond motifs is 1. The number of halogens is 2. The van der Waals surface area contributed by atoms with E-state index in [1.54, 1.807) is 11.1 Å². The van der Waals surface area contributed by atoms with E-state index >= 15 is 0 Å². The van der Waals surface area contributed by atoms with Crippen molar-refractivity contribution in [3.05, 3.63) is 64.3 Å². The fraction of sp³-hybridized carbons (Fsp3) is 0.286. The number of ether oxygens (including phenoxy) is 1. The summed E-state index contributed by atoms with van der Waals surface area (Å²) in [6.45, 7) is 1.64. The van der Waals surface area contributed by atoms with Gasteiger partial charge in [0, 0.05) is 30.2 Å². The predicted molar refractivity (Wildman–Crippen MR) is 120 cm³/mol. The van der Waals surface area contributed by atoms with Gasteiger partial charge in [-0.05, 0) is 30.2 Å². The Balaban J connectivity index is 1.67. The number of H-pyrrole nitrogens is 1. The van der Waals surface area contributed by atoms with E-state index in [1.807, 2.05) is 24.3 Å². The first-order valence-electron chi connectivity index (χ1n) is 9.74. The normalized spacial score (nSPS) is 15.9. The lowest BCUT2D eigenvalue weighted by molar-refractivity contribution is -0.137. The maximum absolute atomic E-state index is 13.3. The van der Waals surface area contributed by atoms with E-state index in [4.69, 9.17) is 27.9 Å². The maximum Gasteiger partial charge on any atom is 0.242 e. The molecule has 1 aliphatic heterocycles. The molecule has 2 aromatic carbocycles. The van der Waals surface area contributed by atoms with Crippen LogP contribution in [0.15, 0.2) is 53.6 Å². The molecule has 0 bridgehead atoms. The topological polar surface area (TPSA) is 91.5 Å². The molecule has 7 nitrogen and oxygen atoms in total. The van der Waals surface area contributed by atoms with Crippen molar-refractivity contribution in [1.82, 2.24) is 14.6 Å². The molecule has 1 amide bonds. The zero-order valence-electron chi connectivity index (χ0n) is 16.5. The largest absolute Gasteiger partial charge is 0.378 e. The number of aromatic amines is 1. The van der Waals surface area contributed by atoms with E-state index in [9.17, 15) is 13.2 Å². The molecule has 0 unspecified atom stereocenters. The van der Waals surface area contributed by atoms with Crippen LogP contribution >= 0.6 is 23.2 Å². The van der Waals surface area contributed by atoms with Crippen molar-refractivity contribution in [3.63, 3.8) is 0 Å². The Morgan fingerprint density at radius 1 is 1.13 bits per heavy atom. The third-order valence-corrected chi connectivity index (χ3v) is 7.67. The number of hydrogen-bond acceptors (Lipinski definition) is 4. The van der Waals surface area contributed by atoms with Gasteiger partial charge in [-0.25, -0.2) is 8.42 Å². The summed E-state index contributed by atoms with van der Waals surface area (Å²) in [7, 11) is -4.11. The minimum atomic E-state index is -4.11. The minimum Gasteiger partial charge on any atom is -0.378 e. The van der Waals surface area contributed by atoms with Crippen molar-refractivity contribution in [3.8, 4) is 0 Å². The van der Waals surface area contributed by atoms with Crippen molar-refractivity contribution in [2.45, 2.75) is 17.4 Å². The first kappa shape index (κ1) is 22.1. The van der Waals surface area contributed by atoms with Crippen molar-refractivity contribution < 1.29 is 17.9 Å². The predicted octanol–water partition coefficient (Wildman–Crippen LogP) is 3.22. The Morgan fingerprint density at radius 2 is 1.87 bits per heavy atom. The summed E-state index contributed by atoms with van der Waals surface area (Å²) in [5.41, 5.74) is 1.75. The van der Waals surface area contributed by atoms with Gasteiger partial charge in [-0.1, -0.05) is 47.5 Å². The van der Waals surface area contributed by atoms with E-state index in [-0.39, 0.29) is 27.3 Å².